The van der Waals surface area contributed by atoms with E-state index >= 15 is 0 Å². The molecule has 3 rings (SSSR count). The highest BCUT2D eigenvalue weighted by Crippen LogP contribution is 2.36. The van der Waals surface area contributed by atoms with Gasteiger partial charge in [-0.2, -0.15) is 10.2 Å². The van der Waals surface area contributed by atoms with E-state index in [0.29, 0.717) is 44.7 Å². The van der Waals surface area contributed by atoms with Gasteiger partial charge >= 0.3 is 0 Å². The summed E-state index contributed by atoms with van der Waals surface area (Å²) in [6, 6.07) is 1.06. The molecule has 0 saturated heterocycles. The lowest BCUT2D eigenvalue weighted by Gasteiger charge is -2.22. The number of aromatic nitrogens is 1. The van der Waals surface area contributed by atoms with Gasteiger partial charge in [-0.1, -0.05) is 0 Å². The SMILES string of the molecule is C#CCCC1(CCNC(=O)c2c(O)cc(=O)n3c2COCC3)N=N1. The van der Waals surface area contributed by atoms with E-state index in [1.807, 2.05) is 0 Å². The molecule has 24 heavy (non-hydrogen) atoms. The second-order valence-electron chi connectivity index (χ2n) is 5.79. The molecular weight excluding hydrogens is 312 g/mol. The fourth-order valence-electron chi connectivity index (χ4n) is 2.78. The van der Waals surface area contributed by atoms with Gasteiger partial charge in [0.1, 0.15) is 11.3 Å². The summed E-state index contributed by atoms with van der Waals surface area (Å²) < 4.78 is 6.77. The fourth-order valence-corrected chi connectivity index (χ4v) is 2.78. The van der Waals surface area contributed by atoms with Gasteiger partial charge in [0.15, 0.2) is 5.66 Å². The predicted molar refractivity (Wildman–Crippen MR) is 84.6 cm³/mol. The summed E-state index contributed by atoms with van der Waals surface area (Å²) in [4.78, 5) is 24.3. The van der Waals surface area contributed by atoms with E-state index in [4.69, 9.17) is 11.2 Å². The van der Waals surface area contributed by atoms with E-state index in [9.17, 15) is 14.7 Å². The number of nitrogens with zero attached hydrogens (tertiary/aromatic N) is 3. The first-order valence-corrected chi connectivity index (χ1v) is 7.75. The summed E-state index contributed by atoms with van der Waals surface area (Å²) >= 11 is 0. The lowest BCUT2D eigenvalue weighted by molar-refractivity contribution is 0.0780. The van der Waals surface area contributed by atoms with Crippen molar-refractivity contribution >= 4 is 5.91 Å². The Balaban J connectivity index is 1.68. The van der Waals surface area contributed by atoms with Crippen LogP contribution in [0.1, 0.15) is 35.3 Å². The normalized spacial score (nSPS) is 17.0. The monoisotopic (exact) mass is 330 g/mol. The van der Waals surface area contributed by atoms with Crippen molar-refractivity contribution in [2.75, 3.05) is 13.2 Å². The molecule has 1 aromatic rings. The Kier molecular flexibility index (Phi) is 4.36. The molecule has 0 spiro atoms. The largest absolute Gasteiger partial charge is 0.507 e. The minimum Gasteiger partial charge on any atom is -0.507 e. The molecule has 3 heterocycles. The first-order chi connectivity index (χ1) is 11.6. The second-order valence-corrected chi connectivity index (χ2v) is 5.79. The Morgan fingerprint density at radius 1 is 1.50 bits per heavy atom. The minimum atomic E-state index is -0.474. The maximum Gasteiger partial charge on any atom is 0.256 e. The Morgan fingerprint density at radius 2 is 2.29 bits per heavy atom. The smallest absolute Gasteiger partial charge is 0.256 e. The molecular formula is C16H18N4O4. The molecule has 2 aliphatic rings. The van der Waals surface area contributed by atoms with E-state index in [2.05, 4.69) is 21.5 Å². The number of hydrogen-bond donors (Lipinski definition) is 2. The van der Waals surface area contributed by atoms with Crippen molar-refractivity contribution in [2.24, 2.45) is 10.2 Å². The van der Waals surface area contributed by atoms with Gasteiger partial charge in [0, 0.05) is 38.4 Å². The van der Waals surface area contributed by atoms with Gasteiger partial charge < -0.3 is 19.7 Å². The number of ether oxygens (including phenoxy) is 1. The van der Waals surface area contributed by atoms with E-state index < -0.39 is 11.6 Å². The lowest BCUT2D eigenvalue weighted by Crippen LogP contribution is -2.35. The number of terminal acetylenes is 1. The van der Waals surface area contributed by atoms with Crippen molar-refractivity contribution in [3.05, 3.63) is 27.7 Å². The Hall–Kier alpha value is -2.66. The summed E-state index contributed by atoms with van der Waals surface area (Å²) in [7, 11) is 0. The molecule has 1 aromatic heterocycles. The van der Waals surface area contributed by atoms with Crippen LogP contribution >= 0.6 is 0 Å². The summed E-state index contributed by atoms with van der Waals surface area (Å²) in [6.45, 7) is 1.22. The van der Waals surface area contributed by atoms with Crippen LogP contribution in [0.5, 0.6) is 5.75 Å². The number of rotatable bonds is 6. The number of pyridine rings is 1. The highest BCUT2D eigenvalue weighted by molar-refractivity contribution is 5.97. The molecule has 0 radical (unpaired) electrons. The molecule has 2 aliphatic heterocycles. The Labute approximate surface area is 138 Å². The lowest BCUT2D eigenvalue weighted by atomic mass is 10.0. The molecule has 0 saturated carbocycles. The molecule has 0 aliphatic carbocycles. The van der Waals surface area contributed by atoms with Crippen LogP contribution in [-0.2, 0) is 17.9 Å². The molecule has 0 aromatic carbocycles. The van der Waals surface area contributed by atoms with Crippen molar-refractivity contribution in [1.29, 1.82) is 0 Å². The van der Waals surface area contributed by atoms with Crippen molar-refractivity contribution in [3.63, 3.8) is 0 Å². The van der Waals surface area contributed by atoms with Crippen molar-refractivity contribution in [2.45, 2.75) is 38.1 Å². The molecule has 0 fully saturated rings. The van der Waals surface area contributed by atoms with Gasteiger partial charge in [0.05, 0.1) is 18.9 Å². The molecule has 0 bridgehead atoms. The highest BCUT2D eigenvalue weighted by Gasteiger charge is 2.38. The Bertz CT molecular complexity index is 784. The number of nitrogens with one attached hydrogen (secondary N) is 1. The maximum atomic E-state index is 12.4. The van der Waals surface area contributed by atoms with Crippen LogP contribution in [0.15, 0.2) is 21.1 Å². The summed E-state index contributed by atoms with van der Waals surface area (Å²) in [5, 5.41) is 20.8. The summed E-state index contributed by atoms with van der Waals surface area (Å²) in [6.07, 6.45) is 7.03. The zero-order valence-corrected chi connectivity index (χ0v) is 13.1. The quantitative estimate of drug-likeness (QED) is 0.752. The Morgan fingerprint density at radius 3 is 3.00 bits per heavy atom. The number of hydrogen-bond acceptors (Lipinski definition) is 6. The first kappa shape index (κ1) is 16.2. The third-order valence-corrected chi connectivity index (χ3v) is 4.19. The predicted octanol–water partition coefficient (Wildman–Crippen LogP) is 0.779. The summed E-state index contributed by atoms with van der Waals surface area (Å²) in [5.41, 5.74) is -0.341. The van der Waals surface area contributed by atoms with Crippen molar-refractivity contribution < 1.29 is 14.6 Å². The van der Waals surface area contributed by atoms with Crippen LogP contribution in [0.4, 0.5) is 0 Å². The molecule has 1 amide bonds. The topological polar surface area (TPSA) is 105 Å². The zero-order valence-electron chi connectivity index (χ0n) is 13.1. The van der Waals surface area contributed by atoms with E-state index in [1.165, 1.54) is 4.57 Å². The van der Waals surface area contributed by atoms with Gasteiger partial charge in [-0.3, -0.25) is 9.59 Å². The number of carbonyl (C=O) groups is 1. The van der Waals surface area contributed by atoms with Gasteiger partial charge in [-0.25, -0.2) is 0 Å². The van der Waals surface area contributed by atoms with E-state index in [0.717, 1.165) is 6.07 Å². The first-order valence-electron chi connectivity index (χ1n) is 7.75. The van der Waals surface area contributed by atoms with Crippen molar-refractivity contribution in [3.8, 4) is 18.1 Å². The fraction of sp³-hybridized carbons (Fsp3) is 0.500. The molecule has 0 unspecified atom stereocenters. The highest BCUT2D eigenvalue weighted by atomic mass is 16.5. The maximum absolute atomic E-state index is 12.4. The van der Waals surface area contributed by atoms with Crippen LogP contribution in [-0.4, -0.2) is 34.4 Å². The van der Waals surface area contributed by atoms with Gasteiger partial charge in [-0.15, -0.1) is 12.3 Å². The standard InChI is InChI=1S/C16H18N4O4/c1-2-3-4-16(18-19-16)5-6-17-15(23)14-11-10-24-8-7-20(11)13(22)9-12(14)21/h1,9,21H,3-8,10H2,(H,17,23). The van der Waals surface area contributed by atoms with Gasteiger partial charge in [-0.05, 0) is 0 Å². The second kappa shape index (κ2) is 6.45. The average Bonchev–Trinajstić information content (AvgIpc) is 3.33. The third kappa shape index (κ3) is 3.16. The molecule has 8 heteroatoms. The van der Waals surface area contributed by atoms with Crippen LogP contribution in [0.3, 0.4) is 0 Å². The molecule has 126 valence electrons. The molecule has 8 nitrogen and oxygen atoms in total. The van der Waals surface area contributed by atoms with E-state index in [1.54, 1.807) is 0 Å². The van der Waals surface area contributed by atoms with Crippen LogP contribution in [0.25, 0.3) is 0 Å². The van der Waals surface area contributed by atoms with Gasteiger partial charge in [0.2, 0.25) is 0 Å². The average molecular weight is 330 g/mol. The van der Waals surface area contributed by atoms with Crippen LogP contribution in [0.2, 0.25) is 0 Å². The molecule has 0 atom stereocenters. The van der Waals surface area contributed by atoms with Crippen LogP contribution < -0.4 is 10.9 Å². The summed E-state index contributed by atoms with van der Waals surface area (Å²) in [5.74, 6) is 1.76. The minimum absolute atomic E-state index is 0.0802. The zero-order chi connectivity index (χ0) is 17.2. The van der Waals surface area contributed by atoms with Crippen LogP contribution in [0, 0.1) is 12.3 Å². The third-order valence-electron chi connectivity index (χ3n) is 4.19. The number of carbonyl (C=O) groups excluding carboxylic acids is 1. The van der Waals surface area contributed by atoms with Crippen molar-refractivity contribution in [1.82, 2.24) is 9.88 Å². The van der Waals surface area contributed by atoms with E-state index in [-0.39, 0.29) is 23.5 Å². The molecule has 2 N–H and O–H groups in total. The number of amides is 1. The number of aromatic hydroxyl groups is 1. The van der Waals surface area contributed by atoms with Gasteiger partial charge in [0.25, 0.3) is 11.5 Å². The number of fused-ring (bicyclic) bond motifs is 1.